The number of para-hydroxylation sites is 2. The Morgan fingerprint density at radius 3 is 2.52 bits per heavy atom. The highest BCUT2D eigenvalue weighted by Gasteiger charge is 2.44. The minimum absolute atomic E-state index is 0.0358. The van der Waals surface area contributed by atoms with Gasteiger partial charge >= 0.3 is 0 Å². The van der Waals surface area contributed by atoms with E-state index in [0.29, 0.717) is 11.9 Å². The lowest BCUT2D eigenvalue weighted by Crippen LogP contribution is -2.15. The molecule has 0 spiro atoms. The molecule has 4 rings (SSSR count). The highest BCUT2D eigenvalue weighted by atomic mass is 16.2. The van der Waals surface area contributed by atoms with Gasteiger partial charge in [-0.2, -0.15) is 0 Å². The Morgan fingerprint density at radius 2 is 1.84 bits per heavy atom. The van der Waals surface area contributed by atoms with Crippen LogP contribution >= 0.6 is 0 Å². The average Bonchev–Trinajstić information content (AvgIpc) is 3.28. The van der Waals surface area contributed by atoms with Crippen LogP contribution in [0, 0.1) is 5.92 Å². The largest absolute Gasteiger partial charge is 0.324 e. The molecule has 1 amide bonds. The second kappa shape index (κ2) is 5.73. The highest BCUT2D eigenvalue weighted by Crippen LogP contribution is 2.48. The molecule has 3 aromatic rings. The molecule has 0 bridgehead atoms. The molecular weight excluding hydrogens is 310 g/mol. The molecule has 1 aliphatic rings. The van der Waals surface area contributed by atoms with Crippen LogP contribution in [0.25, 0.3) is 11.0 Å². The molecule has 1 heterocycles. The molecule has 1 saturated carbocycles. The minimum Gasteiger partial charge on any atom is -0.324 e. The van der Waals surface area contributed by atoms with Crippen LogP contribution in [0.4, 0.5) is 5.95 Å². The van der Waals surface area contributed by atoms with Crippen LogP contribution in [-0.4, -0.2) is 15.9 Å². The first-order valence-corrected chi connectivity index (χ1v) is 8.78. The molecule has 128 valence electrons. The molecular formula is C21H23N3O. The molecule has 1 aromatic heterocycles. The number of benzene rings is 2. The molecule has 2 N–H and O–H groups in total. The van der Waals surface area contributed by atoms with Gasteiger partial charge in [0.25, 0.3) is 0 Å². The summed E-state index contributed by atoms with van der Waals surface area (Å²) in [5, 5.41) is 2.92. The maximum absolute atomic E-state index is 12.5. The summed E-state index contributed by atoms with van der Waals surface area (Å²) >= 11 is 0. The van der Waals surface area contributed by atoms with Crippen LogP contribution < -0.4 is 5.32 Å². The Labute approximate surface area is 147 Å². The van der Waals surface area contributed by atoms with Gasteiger partial charge in [-0.25, -0.2) is 4.98 Å². The number of carbonyl (C=O) groups is 1. The van der Waals surface area contributed by atoms with Crippen LogP contribution in [0.2, 0.25) is 0 Å². The van der Waals surface area contributed by atoms with Crippen molar-refractivity contribution in [3.8, 4) is 0 Å². The van der Waals surface area contributed by atoms with Crippen LogP contribution in [0.1, 0.15) is 44.2 Å². The molecule has 25 heavy (non-hydrogen) atoms. The normalized spacial score (nSPS) is 19.8. The quantitative estimate of drug-likeness (QED) is 0.736. The molecule has 0 saturated heterocycles. The zero-order valence-electron chi connectivity index (χ0n) is 14.8. The smallest absolute Gasteiger partial charge is 0.230 e. The number of amides is 1. The monoisotopic (exact) mass is 333 g/mol. The van der Waals surface area contributed by atoms with E-state index in [1.165, 1.54) is 11.1 Å². The minimum atomic E-state index is 0.0358. The second-order valence-electron chi connectivity index (χ2n) is 7.91. The summed E-state index contributed by atoms with van der Waals surface area (Å²) in [6, 6.07) is 16.5. The molecule has 2 atom stereocenters. The van der Waals surface area contributed by atoms with E-state index in [2.05, 4.69) is 60.3 Å². The van der Waals surface area contributed by atoms with E-state index in [4.69, 9.17) is 0 Å². The number of aromatic nitrogens is 2. The number of hydrogen-bond acceptors (Lipinski definition) is 2. The van der Waals surface area contributed by atoms with Crippen molar-refractivity contribution in [2.75, 3.05) is 5.32 Å². The summed E-state index contributed by atoms with van der Waals surface area (Å²) in [5.41, 5.74) is 4.52. The van der Waals surface area contributed by atoms with Gasteiger partial charge in [0, 0.05) is 5.92 Å². The molecule has 4 heteroatoms. The van der Waals surface area contributed by atoms with Gasteiger partial charge in [0.2, 0.25) is 11.9 Å². The third-order valence-electron chi connectivity index (χ3n) is 4.96. The molecule has 2 unspecified atom stereocenters. The summed E-state index contributed by atoms with van der Waals surface area (Å²) in [7, 11) is 0. The first-order valence-electron chi connectivity index (χ1n) is 8.78. The van der Waals surface area contributed by atoms with Crippen molar-refractivity contribution in [1.82, 2.24) is 9.97 Å². The molecule has 0 radical (unpaired) electrons. The number of hydrogen-bond donors (Lipinski definition) is 2. The van der Waals surface area contributed by atoms with E-state index in [1.807, 2.05) is 24.3 Å². The van der Waals surface area contributed by atoms with Crippen LogP contribution in [-0.2, 0) is 10.2 Å². The van der Waals surface area contributed by atoms with Crippen LogP contribution in [0.5, 0.6) is 0 Å². The Balaban J connectivity index is 1.43. The van der Waals surface area contributed by atoms with Crippen molar-refractivity contribution in [2.45, 2.75) is 38.5 Å². The van der Waals surface area contributed by atoms with E-state index in [-0.39, 0.29) is 17.2 Å². The predicted octanol–water partition coefficient (Wildman–Crippen LogP) is 4.60. The molecule has 4 nitrogen and oxygen atoms in total. The first-order chi connectivity index (χ1) is 11.9. The van der Waals surface area contributed by atoms with Gasteiger partial charge < -0.3 is 4.98 Å². The van der Waals surface area contributed by atoms with Gasteiger partial charge in [0.05, 0.1) is 11.0 Å². The van der Waals surface area contributed by atoms with Crippen LogP contribution in [0.3, 0.4) is 0 Å². The fourth-order valence-electron chi connectivity index (χ4n) is 3.30. The molecule has 1 fully saturated rings. The summed E-state index contributed by atoms with van der Waals surface area (Å²) in [4.78, 5) is 20.0. The lowest BCUT2D eigenvalue weighted by atomic mass is 9.86. The lowest BCUT2D eigenvalue weighted by molar-refractivity contribution is -0.117. The zero-order valence-corrected chi connectivity index (χ0v) is 14.8. The van der Waals surface area contributed by atoms with E-state index in [1.54, 1.807) is 0 Å². The number of carbonyl (C=O) groups excluding carboxylic acids is 1. The number of fused-ring (bicyclic) bond motifs is 1. The topological polar surface area (TPSA) is 57.8 Å². The number of nitrogens with one attached hydrogen (secondary N) is 2. The van der Waals surface area contributed by atoms with Crippen LogP contribution in [0.15, 0.2) is 48.5 Å². The number of nitrogens with zero attached hydrogens (tertiary/aromatic N) is 1. The van der Waals surface area contributed by atoms with Crippen molar-refractivity contribution in [3.63, 3.8) is 0 Å². The Kier molecular flexibility index (Phi) is 3.64. The Bertz CT molecular complexity index is 885. The fraction of sp³-hybridized carbons (Fsp3) is 0.333. The van der Waals surface area contributed by atoms with Gasteiger partial charge in [-0.05, 0) is 41.0 Å². The predicted molar refractivity (Wildman–Crippen MR) is 101 cm³/mol. The van der Waals surface area contributed by atoms with E-state index >= 15 is 0 Å². The van der Waals surface area contributed by atoms with Crippen molar-refractivity contribution in [2.24, 2.45) is 5.92 Å². The van der Waals surface area contributed by atoms with Gasteiger partial charge in [0.1, 0.15) is 0 Å². The van der Waals surface area contributed by atoms with E-state index in [9.17, 15) is 4.79 Å². The standard InChI is InChI=1S/C21H23N3O/c1-21(2,3)14-10-8-13(9-11-14)15-12-16(15)19(25)24-20-22-17-6-4-5-7-18(17)23-20/h4-11,15-16H,12H2,1-3H3,(H2,22,23,24,25). The number of rotatable bonds is 3. The van der Waals surface area contributed by atoms with E-state index < -0.39 is 0 Å². The SMILES string of the molecule is CC(C)(C)c1ccc(C2CC2C(=O)Nc2nc3ccccc3[nH]2)cc1. The van der Waals surface area contributed by atoms with E-state index in [0.717, 1.165) is 17.5 Å². The Morgan fingerprint density at radius 1 is 1.12 bits per heavy atom. The summed E-state index contributed by atoms with van der Waals surface area (Å²) in [6.45, 7) is 6.63. The van der Waals surface area contributed by atoms with Gasteiger partial charge in [0.15, 0.2) is 0 Å². The Hall–Kier alpha value is -2.62. The van der Waals surface area contributed by atoms with Crippen molar-refractivity contribution in [3.05, 3.63) is 59.7 Å². The number of anilines is 1. The molecule has 1 aliphatic carbocycles. The summed E-state index contributed by atoms with van der Waals surface area (Å²) < 4.78 is 0. The third kappa shape index (κ3) is 3.16. The zero-order chi connectivity index (χ0) is 17.6. The maximum atomic E-state index is 12.5. The first kappa shape index (κ1) is 15.9. The fourth-order valence-corrected chi connectivity index (χ4v) is 3.30. The molecule has 0 aliphatic heterocycles. The number of imidazole rings is 1. The van der Waals surface area contributed by atoms with Crippen molar-refractivity contribution in [1.29, 1.82) is 0 Å². The van der Waals surface area contributed by atoms with Crippen molar-refractivity contribution >= 4 is 22.9 Å². The number of H-pyrrole nitrogens is 1. The van der Waals surface area contributed by atoms with Gasteiger partial charge in [-0.15, -0.1) is 0 Å². The highest BCUT2D eigenvalue weighted by molar-refractivity contribution is 5.95. The van der Waals surface area contributed by atoms with Crippen molar-refractivity contribution < 1.29 is 4.79 Å². The maximum Gasteiger partial charge on any atom is 0.230 e. The summed E-state index contributed by atoms with van der Waals surface area (Å²) in [6.07, 6.45) is 0.904. The third-order valence-corrected chi connectivity index (χ3v) is 4.96. The summed E-state index contributed by atoms with van der Waals surface area (Å²) in [5.74, 6) is 0.927. The number of aromatic amines is 1. The second-order valence-corrected chi connectivity index (χ2v) is 7.91. The van der Waals surface area contributed by atoms with Gasteiger partial charge in [-0.1, -0.05) is 57.2 Å². The van der Waals surface area contributed by atoms with Gasteiger partial charge in [-0.3, -0.25) is 10.1 Å². The molecule has 2 aromatic carbocycles. The average molecular weight is 333 g/mol. The lowest BCUT2D eigenvalue weighted by Gasteiger charge is -2.19.